The molecule has 8 aliphatic rings. The molecule has 0 aromatic heterocycles. The first-order valence-electron chi connectivity index (χ1n) is 50.3. The van der Waals surface area contributed by atoms with E-state index in [1.807, 2.05) is 222 Å². The molecular formula is C120H136O16. The number of hydrogen-bond acceptors (Lipinski definition) is 16. The summed E-state index contributed by atoms with van der Waals surface area (Å²) in [5.41, 5.74) is 6.31. The minimum atomic E-state index is -0.964. The Morgan fingerprint density at radius 1 is 0.176 bits per heavy atom. The quantitative estimate of drug-likeness (QED) is 0.103. The average molecular weight is 1830 g/mol. The van der Waals surface area contributed by atoms with Crippen LogP contribution >= 0.6 is 0 Å². The summed E-state index contributed by atoms with van der Waals surface area (Å²) in [4.78, 5) is 59.1. The number of ether oxygens (including phenoxy) is 12. The number of allylic oxidation sites excluding steroid dienone is 4. The van der Waals surface area contributed by atoms with Crippen molar-refractivity contribution in [3.8, 4) is 23.0 Å². The zero-order chi connectivity index (χ0) is 94.0. The van der Waals surface area contributed by atoms with E-state index in [4.69, 9.17) is 56.8 Å². The van der Waals surface area contributed by atoms with Crippen molar-refractivity contribution in [1.82, 2.24) is 0 Å². The van der Waals surface area contributed by atoms with Gasteiger partial charge in [-0.1, -0.05) is 294 Å². The SMILES string of the molecule is CC1=C2C(=O)OCCCCCCOc3ccc(cc3)OCCCCCCOC(=O)C3=C(C)OC(c4ccccc4)(c4ccccc4)C3CCCCCCC3C(=C(C)OC3(c3ccccc3)c3ccccc3)C(=O)OCCCCCCOc3ccc(cc3)OCCCCCCOC(=O)C3=C(C)OC(c4ccccc4)(c4ccccc4)C3CCCCCCC2C(c2ccccc2)(c2ccccc2)O1. The van der Waals surface area contributed by atoms with Gasteiger partial charge in [0.2, 0.25) is 0 Å². The zero-order valence-electron chi connectivity index (χ0n) is 80.0. The molecule has 0 N–H and O–H groups in total. The van der Waals surface area contributed by atoms with E-state index in [-0.39, 0.29) is 74.0 Å². The molecule has 10 aromatic carbocycles. The van der Waals surface area contributed by atoms with Crippen LogP contribution in [-0.4, -0.2) is 76.7 Å². The molecule has 0 radical (unpaired) electrons. The topological polar surface area (TPSA) is 179 Å². The first kappa shape index (κ1) is 98.0. The molecular weight excluding hydrogens is 1700 g/mol. The summed E-state index contributed by atoms with van der Waals surface area (Å²) in [6.07, 6.45) is 22.8. The fourth-order valence-corrected chi connectivity index (χ4v) is 21.4. The number of hydrogen-bond donors (Lipinski definition) is 0. The number of rotatable bonds is 8. The van der Waals surface area contributed by atoms with Crippen molar-refractivity contribution in [3.63, 3.8) is 0 Å². The van der Waals surface area contributed by atoms with Crippen LogP contribution < -0.4 is 18.9 Å². The van der Waals surface area contributed by atoms with E-state index in [2.05, 4.69) is 97.1 Å². The predicted octanol–water partition coefficient (Wildman–Crippen LogP) is 27.5. The highest BCUT2D eigenvalue weighted by Crippen LogP contribution is 2.58. The summed E-state index contributed by atoms with van der Waals surface area (Å²) >= 11 is 0. The van der Waals surface area contributed by atoms with Crippen LogP contribution in [0.1, 0.15) is 252 Å². The van der Waals surface area contributed by atoms with Crippen molar-refractivity contribution in [3.05, 3.63) is 381 Å². The molecule has 0 fully saturated rings. The Kier molecular flexibility index (Phi) is 35.5. The second kappa shape index (κ2) is 49.3. The van der Waals surface area contributed by atoms with Gasteiger partial charge in [-0.3, -0.25) is 0 Å². The second-order valence-corrected chi connectivity index (χ2v) is 36.9. The molecule has 0 saturated carbocycles. The molecule has 16 nitrogen and oxygen atoms in total. The summed E-state index contributed by atoms with van der Waals surface area (Å²) in [7, 11) is 0. The Bertz CT molecular complexity index is 4700. The van der Waals surface area contributed by atoms with Crippen LogP contribution in [0.3, 0.4) is 0 Å². The fourth-order valence-electron chi connectivity index (χ4n) is 21.4. The lowest BCUT2D eigenvalue weighted by atomic mass is 9.71. The molecule has 8 aliphatic heterocycles. The molecule has 0 aliphatic carbocycles. The summed E-state index contributed by atoms with van der Waals surface area (Å²) in [5.74, 6) is 2.71. The van der Waals surface area contributed by atoms with Gasteiger partial charge >= 0.3 is 23.9 Å². The van der Waals surface area contributed by atoms with Gasteiger partial charge in [0, 0.05) is 68.2 Å². The van der Waals surface area contributed by atoms with Crippen molar-refractivity contribution < 1.29 is 76.0 Å². The molecule has 10 aromatic rings. The van der Waals surface area contributed by atoms with E-state index < -0.39 is 22.4 Å². The maximum atomic E-state index is 14.8. The Labute approximate surface area is 805 Å². The third kappa shape index (κ3) is 23.6. The molecule has 136 heavy (non-hydrogen) atoms. The van der Waals surface area contributed by atoms with E-state index in [1.165, 1.54) is 0 Å². The Hall–Kier alpha value is -12.6. The van der Waals surface area contributed by atoms with Gasteiger partial charge in [0.15, 0.2) is 22.4 Å². The third-order valence-electron chi connectivity index (χ3n) is 27.9. The van der Waals surface area contributed by atoms with Gasteiger partial charge in [-0.25, -0.2) is 19.2 Å². The van der Waals surface area contributed by atoms with E-state index in [9.17, 15) is 19.2 Å². The van der Waals surface area contributed by atoms with Gasteiger partial charge in [-0.15, -0.1) is 0 Å². The number of carbonyl (C=O) groups excluding carboxylic acids is 4. The standard InChI is InChI=1S/C120H136O16/c1-89-109-105(117(133-89,93-53-25-17-26-54-93)94-55-27-18-28-56-94)69-41-5-6-42-70-106-110(90(2)134-118(106,95-57-29-19-30-58-95)96-59-31-20-32-60-96)114(122)130-86-50-14-10-46-83-127-103-77-79-104(80-78-103)128-84-48-12-16-52-88-132-116(124)112-92(4)136-120(99-65-37-23-38-66-99,100-67-39-24-40-68-100)108(112)72-44-8-7-43-71-107-111(91(3)135-119(107,97-61-33-21-34-62-97)98-63-35-22-36-64-98)115(123)131-87-51-15-11-47-82-126-102-75-73-101(74-76-102)125-81-45-9-13-49-85-129-113(109)121/h17-40,53-68,73-80,105-108H,5-16,41-52,69-72,81-88H2,1-4H3. The van der Waals surface area contributed by atoms with E-state index in [0.29, 0.717) is 123 Å². The average Bonchev–Trinajstić information content (AvgIpc) is 1.59. The fraction of sp³-hybridized carbons (Fsp3) is 0.400. The second-order valence-electron chi connectivity index (χ2n) is 36.9. The zero-order valence-corrected chi connectivity index (χ0v) is 80.0. The molecule has 4 atom stereocenters. The van der Waals surface area contributed by atoms with E-state index >= 15 is 0 Å². The van der Waals surface area contributed by atoms with Crippen molar-refractivity contribution in [1.29, 1.82) is 0 Å². The van der Waals surface area contributed by atoms with Crippen LogP contribution in [0.4, 0.5) is 0 Å². The third-order valence-corrected chi connectivity index (χ3v) is 27.9. The molecule has 16 heteroatoms. The summed E-state index contributed by atoms with van der Waals surface area (Å²) in [6, 6.07) is 98.1. The molecule has 8 heterocycles. The number of esters is 4. The largest absolute Gasteiger partial charge is 0.494 e. The van der Waals surface area contributed by atoms with Crippen LogP contribution in [-0.2, 0) is 79.5 Å². The maximum Gasteiger partial charge on any atom is 0.337 e. The molecule has 0 spiro atoms. The highest BCUT2D eigenvalue weighted by atomic mass is 16.6. The minimum absolute atomic E-state index is 0.286. The molecule has 712 valence electrons. The van der Waals surface area contributed by atoms with Gasteiger partial charge in [-0.05, 0) is 205 Å². The predicted molar refractivity (Wildman–Crippen MR) is 532 cm³/mol. The minimum Gasteiger partial charge on any atom is -0.494 e. The van der Waals surface area contributed by atoms with E-state index in [1.54, 1.807) is 0 Å². The van der Waals surface area contributed by atoms with Gasteiger partial charge in [0.25, 0.3) is 0 Å². The summed E-state index contributed by atoms with van der Waals surface area (Å²) in [5, 5.41) is 0. The smallest absolute Gasteiger partial charge is 0.337 e. The Balaban J connectivity index is 0.587. The van der Waals surface area contributed by atoms with Crippen LogP contribution in [0.15, 0.2) is 337 Å². The van der Waals surface area contributed by atoms with Gasteiger partial charge in [0.05, 0.1) is 75.1 Å². The number of carbonyl (C=O) groups is 4. The van der Waals surface area contributed by atoms with Crippen molar-refractivity contribution in [2.24, 2.45) is 23.7 Å². The highest BCUT2D eigenvalue weighted by Gasteiger charge is 2.58. The lowest BCUT2D eigenvalue weighted by Crippen LogP contribution is -2.37. The maximum absolute atomic E-state index is 14.8. The summed E-state index contributed by atoms with van der Waals surface area (Å²) < 4.78 is 78.4. The lowest BCUT2D eigenvalue weighted by Gasteiger charge is -2.37. The lowest BCUT2D eigenvalue weighted by molar-refractivity contribution is -0.141. The van der Waals surface area contributed by atoms with Gasteiger partial charge < -0.3 is 56.8 Å². The first-order valence-corrected chi connectivity index (χ1v) is 50.3. The molecule has 4 bridgehead atoms. The first-order chi connectivity index (χ1) is 66.8. The summed E-state index contributed by atoms with van der Waals surface area (Å²) in [6.45, 7) is 11.0. The Morgan fingerprint density at radius 3 is 0.471 bits per heavy atom. The molecule has 0 saturated heterocycles. The van der Waals surface area contributed by atoms with Crippen LogP contribution in [0.5, 0.6) is 23.0 Å². The monoisotopic (exact) mass is 1830 g/mol. The normalized spacial score (nSPS) is 21.5. The highest BCUT2D eigenvalue weighted by molar-refractivity contribution is 5.93. The van der Waals surface area contributed by atoms with Gasteiger partial charge in [0.1, 0.15) is 46.0 Å². The van der Waals surface area contributed by atoms with Crippen molar-refractivity contribution in [2.75, 3.05) is 52.9 Å². The van der Waals surface area contributed by atoms with E-state index in [0.717, 1.165) is 196 Å². The van der Waals surface area contributed by atoms with Crippen LogP contribution in [0, 0.1) is 23.7 Å². The van der Waals surface area contributed by atoms with Crippen LogP contribution in [0.2, 0.25) is 0 Å². The Morgan fingerprint density at radius 2 is 0.316 bits per heavy atom. The van der Waals surface area contributed by atoms with Gasteiger partial charge in [-0.2, -0.15) is 0 Å². The van der Waals surface area contributed by atoms with Crippen LogP contribution in [0.25, 0.3) is 0 Å². The molecule has 4 unspecified atom stereocenters. The molecule has 18 rings (SSSR count). The van der Waals surface area contributed by atoms with Crippen molar-refractivity contribution >= 4 is 23.9 Å². The molecule has 0 amide bonds. The number of benzene rings is 10. The van der Waals surface area contributed by atoms with Crippen molar-refractivity contribution in [2.45, 2.75) is 230 Å².